The van der Waals surface area contributed by atoms with Crippen LogP contribution in [0.2, 0.25) is 0 Å². The Bertz CT molecular complexity index is 2040. The van der Waals surface area contributed by atoms with E-state index < -0.39 is 0 Å². The molecule has 0 aliphatic rings. The molecule has 6 rings (SSSR count). The number of allylic oxidation sites excluding steroid dienone is 1. The number of aryl methyl sites for hydroxylation is 2. The summed E-state index contributed by atoms with van der Waals surface area (Å²) in [7, 11) is 1.97. The monoisotopic (exact) mass is 657 g/mol. The second kappa shape index (κ2) is 15.5. The normalized spacial score (nSPS) is 11.3. The summed E-state index contributed by atoms with van der Waals surface area (Å²) in [4.78, 5) is 1.20. The van der Waals surface area contributed by atoms with Crippen molar-refractivity contribution in [1.29, 1.82) is 0 Å². The lowest BCUT2D eigenvalue weighted by atomic mass is 9.98. The van der Waals surface area contributed by atoms with Gasteiger partial charge in [-0.05, 0) is 67.3 Å². The first-order valence-corrected chi connectivity index (χ1v) is 17.6. The van der Waals surface area contributed by atoms with Crippen LogP contribution in [0.25, 0.3) is 32.8 Å². The number of rotatable bonds is 16. The van der Waals surface area contributed by atoms with Gasteiger partial charge in [-0.1, -0.05) is 66.7 Å². The molecule has 6 nitrogen and oxygen atoms in total. The van der Waals surface area contributed by atoms with Gasteiger partial charge in [-0.15, -0.1) is 24.9 Å². The SMILES string of the molecule is C=CCOCc1c(-c2cccc3c(CCCOc4cccc5ccccc45)c(C)n(CC=C)c23)c(COc2ccc(SC)cc2)nn1C. The van der Waals surface area contributed by atoms with Crippen molar-refractivity contribution in [2.45, 2.75) is 44.4 Å². The standard InChI is InChI=1S/C41H43N3O3S/c1-6-24-44-29(3)33(18-12-26-46-39-19-10-14-30-13-8-9-15-34(30)39)35-16-11-17-36(41(35)44)40-37(42-43(4)38(40)28-45-25-7-2)27-47-31-20-22-32(48-5)23-21-31/h6-11,13-17,19-23H,1-2,12,18,24-28H2,3-5H3. The van der Waals surface area contributed by atoms with Crippen molar-refractivity contribution in [2.24, 2.45) is 7.05 Å². The van der Waals surface area contributed by atoms with E-state index in [4.69, 9.17) is 19.3 Å². The number of nitrogens with zero attached hydrogens (tertiary/aromatic N) is 3. The van der Waals surface area contributed by atoms with E-state index in [1.807, 2.05) is 29.9 Å². The van der Waals surface area contributed by atoms with Gasteiger partial charge >= 0.3 is 0 Å². The first-order chi connectivity index (χ1) is 23.5. The topological polar surface area (TPSA) is 50.4 Å². The summed E-state index contributed by atoms with van der Waals surface area (Å²) in [5, 5.41) is 8.54. The number of hydrogen-bond acceptors (Lipinski definition) is 5. The highest BCUT2D eigenvalue weighted by atomic mass is 32.2. The summed E-state index contributed by atoms with van der Waals surface area (Å²) >= 11 is 1.71. The van der Waals surface area contributed by atoms with Crippen LogP contribution in [0, 0.1) is 6.92 Å². The largest absolute Gasteiger partial charge is 0.493 e. The summed E-state index contributed by atoms with van der Waals surface area (Å²) in [5.41, 5.74) is 7.75. The zero-order valence-electron chi connectivity index (χ0n) is 28.1. The van der Waals surface area contributed by atoms with Crippen molar-refractivity contribution in [3.05, 3.63) is 133 Å². The number of hydrogen-bond donors (Lipinski definition) is 0. The Morgan fingerprint density at radius 2 is 1.62 bits per heavy atom. The minimum Gasteiger partial charge on any atom is -0.493 e. The number of aromatic nitrogens is 3. The zero-order chi connectivity index (χ0) is 33.5. The molecule has 0 aliphatic carbocycles. The van der Waals surface area contributed by atoms with Gasteiger partial charge in [-0.25, -0.2) is 0 Å². The molecule has 6 aromatic rings. The predicted molar refractivity (Wildman–Crippen MR) is 199 cm³/mol. The first-order valence-electron chi connectivity index (χ1n) is 16.4. The molecule has 7 heteroatoms. The van der Waals surface area contributed by atoms with Crippen LogP contribution in [0.1, 0.15) is 29.1 Å². The summed E-state index contributed by atoms with van der Waals surface area (Å²) in [5.74, 6) is 1.74. The molecule has 0 spiro atoms. The predicted octanol–water partition coefficient (Wildman–Crippen LogP) is 9.70. The van der Waals surface area contributed by atoms with Gasteiger partial charge in [0.15, 0.2) is 0 Å². The Hall–Kier alpha value is -4.72. The minimum atomic E-state index is 0.332. The first kappa shape index (κ1) is 33.2. The number of fused-ring (bicyclic) bond motifs is 2. The second-order valence-corrected chi connectivity index (χ2v) is 12.6. The van der Waals surface area contributed by atoms with Gasteiger partial charge in [0.05, 0.1) is 31.0 Å². The van der Waals surface area contributed by atoms with Gasteiger partial charge < -0.3 is 18.8 Å². The van der Waals surface area contributed by atoms with Crippen molar-refractivity contribution in [3.8, 4) is 22.6 Å². The van der Waals surface area contributed by atoms with E-state index in [1.165, 1.54) is 32.4 Å². The lowest BCUT2D eigenvalue weighted by molar-refractivity contribution is 0.143. The van der Waals surface area contributed by atoms with Crippen LogP contribution in [-0.2, 0) is 38.0 Å². The Kier molecular flexibility index (Phi) is 10.7. The van der Waals surface area contributed by atoms with E-state index in [1.54, 1.807) is 17.8 Å². The fraction of sp³-hybridized carbons (Fsp3) is 0.244. The molecular formula is C41H43N3O3S. The van der Waals surface area contributed by atoms with Crippen molar-refractivity contribution < 1.29 is 14.2 Å². The maximum atomic E-state index is 6.33. The highest BCUT2D eigenvalue weighted by Crippen LogP contribution is 2.39. The van der Waals surface area contributed by atoms with Gasteiger partial charge in [0.25, 0.3) is 0 Å². The van der Waals surface area contributed by atoms with Crippen LogP contribution in [0.15, 0.2) is 115 Å². The van der Waals surface area contributed by atoms with E-state index in [0.717, 1.165) is 52.2 Å². The van der Waals surface area contributed by atoms with E-state index in [0.29, 0.717) is 33.0 Å². The molecule has 0 saturated heterocycles. The molecule has 0 aliphatic heterocycles. The van der Waals surface area contributed by atoms with Gasteiger partial charge in [0.2, 0.25) is 0 Å². The molecule has 246 valence electrons. The molecular weight excluding hydrogens is 615 g/mol. The quantitative estimate of drug-likeness (QED) is 0.0589. The number of para-hydroxylation sites is 1. The molecule has 0 radical (unpaired) electrons. The summed E-state index contributed by atoms with van der Waals surface area (Å²) in [6.07, 6.45) is 7.60. The van der Waals surface area contributed by atoms with Gasteiger partial charge in [0, 0.05) is 46.1 Å². The van der Waals surface area contributed by atoms with Crippen LogP contribution in [-0.4, -0.2) is 33.8 Å². The summed E-state index contributed by atoms with van der Waals surface area (Å²) in [6, 6.07) is 29.4. The third-order valence-electron chi connectivity index (χ3n) is 8.78. The van der Waals surface area contributed by atoms with E-state index in [2.05, 4.69) is 104 Å². The average molecular weight is 658 g/mol. The third kappa shape index (κ3) is 6.93. The zero-order valence-corrected chi connectivity index (χ0v) is 28.9. The van der Waals surface area contributed by atoms with E-state index in [9.17, 15) is 0 Å². The van der Waals surface area contributed by atoms with Gasteiger partial charge in [0.1, 0.15) is 23.8 Å². The van der Waals surface area contributed by atoms with Crippen LogP contribution in [0.3, 0.4) is 0 Å². The molecule has 0 fully saturated rings. The highest BCUT2D eigenvalue weighted by Gasteiger charge is 2.24. The molecule has 0 saturated carbocycles. The van der Waals surface area contributed by atoms with Crippen LogP contribution < -0.4 is 9.47 Å². The lowest BCUT2D eigenvalue weighted by Gasteiger charge is -2.13. The molecule has 0 unspecified atom stereocenters. The van der Waals surface area contributed by atoms with Crippen LogP contribution in [0.5, 0.6) is 11.5 Å². The number of benzene rings is 4. The van der Waals surface area contributed by atoms with Crippen molar-refractivity contribution in [3.63, 3.8) is 0 Å². The molecule has 0 amide bonds. The second-order valence-electron chi connectivity index (χ2n) is 11.8. The van der Waals surface area contributed by atoms with Crippen LogP contribution >= 0.6 is 11.8 Å². The van der Waals surface area contributed by atoms with Crippen molar-refractivity contribution in [2.75, 3.05) is 19.5 Å². The van der Waals surface area contributed by atoms with Gasteiger partial charge in [-0.3, -0.25) is 4.68 Å². The fourth-order valence-electron chi connectivity index (χ4n) is 6.49. The van der Waals surface area contributed by atoms with E-state index in [-0.39, 0.29) is 0 Å². The number of thioether (sulfide) groups is 1. The third-order valence-corrected chi connectivity index (χ3v) is 9.52. The molecule has 48 heavy (non-hydrogen) atoms. The summed E-state index contributed by atoms with van der Waals surface area (Å²) < 4.78 is 22.9. The molecule has 2 heterocycles. The Morgan fingerprint density at radius 1 is 0.854 bits per heavy atom. The maximum absolute atomic E-state index is 6.33. The molecule has 0 atom stereocenters. The summed E-state index contributed by atoms with van der Waals surface area (Å²) in [6.45, 7) is 12.7. The molecule has 0 N–H and O–H groups in total. The highest BCUT2D eigenvalue weighted by molar-refractivity contribution is 7.98. The number of ether oxygens (including phenoxy) is 3. The lowest BCUT2D eigenvalue weighted by Crippen LogP contribution is -2.04. The van der Waals surface area contributed by atoms with Crippen molar-refractivity contribution in [1.82, 2.24) is 14.3 Å². The Balaban J connectivity index is 1.34. The molecule has 0 bridgehead atoms. The molecule has 2 aromatic heterocycles. The Morgan fingerprint density at radius 3 is 2.42 bits per heavy atom. The fourth-order valence-corrected chi connectivity index (χ4v) is 6.90. The van der Waals surface area contributed by atoms with Gasteiger partial charge in [-0.2, -0.15) is 5.10 Å². The van der Waals surface area contributed by atoms with E-state index >= 15 is 0 Å². The minimum absolute atomic E-state index is 0.332. The Labute approximate surface area is 287 Å². The molecule has 4 aromatic carbocycles. The smallest absolute Gasteiger partial charge is 0.133 e. The van der Waals surface area contributed by atoms with Crippen molar-refractivity contribution >= 4 is 33.4 Å². The average Bonchev–Trinajstić information content (AvgIpc) is 3.57. The van der Waals surface area contributed by atoms with Crippen LogP contribution in [0.4, 0.5) is 0 Å². The maximum Gasteiger partial charge on any atom is 0.133 e.